The Morgan fingerprint density at radius 2 is 2.29 bits per heavy atom. The summed E-state index contributed by atoms with van der Waals surface area (Å²) in [5.74, 6) is 1.72. The lowest BCUT2D eigenvalue weighted by Gasteiger charge is -2.20. The lowest BCUT2D eigenvalue weighted by molar-refractivity contribution is 0.0190. The molecule has 0 saturated heterocycles. The van der Waals surface area contributed by atoms with Crippen molar-refractivity contribution in [2.24, 2.45) is 0 Å². The number of oxazole rings is 1. The van der Waals surface area contributed by atoms with E-state index in [9.17, 15) is 0 Å². The molecule has 0 spiro atoms. The third-order valence-electron chi connectivity index (χ3n) is 3.10. The maximum absolute atomic E-state index is 5.69. The molecule has 1 heterocycles. The van der Waals surface area contributed by atoms with Gasteiger partial charge < -0.3 is 14.5 Å². The van der Waals surface area contributed by atoms with Crippen molar-refractivity contribution >= 4 is 0 Å². The molecule has 0 amide bonds. The van der Waals surface area contributed by atoms with Crippen molar-refractivity contribution in [2.45, 2.75) is 51.2 Å². The van der Waals surface area contributed by atoms with Gasteiger partial charge in [0, 0.05) is 32.5 Å². The predicted octanol–water partition coefficient (Wildman–Crippen LogP) is 1.94. The van der Waals surface area contributed by atoms with Crippen LogP contribution in [0.3, 0.4) is 0 Å². The molecule has 0 aliphatic heterocycles. The molecule has 4 heteroatoms. The Labute approximate surface area is 103 Å². The van der Waals surface area contributed by atoms with Crippen LogP contribution in [-0.4, -0.2) is 30.3 Å². The third kappa shape index (κ3) is 4.13. The van der Waals surface area contributed by atoms with Crippen LogP contribution in [0.25, 0.3) is 0 Å². The second-order valence-electron chi connectivity index (χ2n) is 5.34. The molecule has 4 nitrogen and oxygen atoms in total. The van der Waals surface area contributed by atoms with Crippen molar-refractivity contribution < 1.29 is 9.15 Å². The van der Waals surface area contributed by atoms with Gasteiger partial charge in [0.15, 0.2) is 5.89 Å². The van der Waals surface area contributed by atoms with Gasteiger partial charge in [-0.3, -0.25) is 0 Å². The first-order valence-corrected chi connectivity index (χ1v) is 6.31. The van der Waals surface area contributed by atoms with Gasteiger partial charge in [0.2, 0.25) is 0 Å². The van der Waals surface area contributed by atoms with Gasteiger partial charge >= 0.3 is 0 Å². The van der Waals surface area contributed by atoms with Crippen LogP contribution >= 0.6 is 0 Å². The van der Waals surface area contributed by atoms with Gasteiger partial charge in [-0.15, -0.1) is 0 Å². The molecule has 1 fully saturated rings. The highest BCUT2D eigenvalue weighted by Gasteiger charge is 2.21. The van der Waals surface area contributed by atoms with Gasteiger partial charge in [-0.05, 0) is 26.7 Å². The first-order valence-electron chi connectivity index (χ1n) is 6.31. The summed E-state index contributed by atoms with van der Waals surface area (Å²) in [5, 5.41) is 3.45. The average Bonchev–Trinajstić information content (AvgIpc) is 3.00. The van der Waals surface area contributed by atoms with E-state index >= 15 is 0 Å². The fourth-order valence-corrected chi connectivity index (χ4v) is 1.71. The SMILES string of the molecule is COC(C)(C)Cc1cnc(CCNC2CC2)o1. The van der Waals surface area contributed by atoms with Crippen LogP contribution in [0.5, 0.6) is 0 Å². The van der Waals surface area contributed by atoms with Crippen LogP contribution in [0, 0.1) is 0 Å². The van der Waals surface area contributed by atoms with Gasteiger partial charge in [-0.25, -0.2) is 4.98 Å². The minimum absolute atomic E-state index is 0.191. The highest BCUT2D eigenvalue weighted by atomic mass is 16.5. The molecular weight excluding hydrogens is 216 g/mol. The molecule has 1 aliphatic carbocycles. The van der Waals surface area contributed by atoms with Crippen molar-refractivity contribution in [2.75, 3.05) is 13.7 Å². The number of rotatable bonds is 7. The summed E-state index contributed by atoms with van der Waals surface area (Å²) in [5.41, 5.74) is -0.191. The monoisotopic (exact) mass is 238 g/mol. The second-order valence-corrected chi connectivity index (χ2v) is 5.34. The molecule has 0 bridgehead atoms. The van der Waals surface area contributed by atoms with Crippen LogP contribution in [0.2, 0.25) is 0 Å². The van der Waals surface area contributed by atoms with E-state index in [1.165, 1.54) is 12.8 Å². The van der Waals surface area contributed by atoms with Crippen molar-refractivity contribution in [3.63, 3.8) is 0 Å². The smallest absolute Gasteiger partial charge is 0.195 e. The summed E-state index contributed by atoms with van der Waals surface area (Å²) in [6, 6.07) is 0.747. The molecule has 0 atom stereocenters. The zero-order valence-corrected chi connectivity index (χ0v) is 11.0. The Hall–Kier alpha value is -0.870. The van der Waals surface area contributed by atoms with E-state index in [4.69, 9.17) is 9.15 Å². The number of aromatic nitrogens is 1. The number of methoxy groups -OCH3 is 1. The zero-order chi connectivity index (χ0) is 12.3. The van der Waals surface area contributed by atoms with E-state index in [0.29, 0.717) is 0 Å². The first-order chi connectivity index (χ1) is 8.09. The second kappa shape index (κ2) is 5.19. The first kappa shape index (κ1) is 12.6. The highest BCUT2D eigenvalue weighted by Crippen LogP contribution is 2.19. The minimum Gasteiger partial charge on any atom is -0.446 e. The maximum Gasteiger partial charge on any atom is 0.195 e. The fourth-order valence-electron chi connectivity index (χ4n) is 1.71. The topological polar surface area (TPSA) is 47.3 Å². The summed E-state index contributed by atoms with van der Waals surface area (Å²) < 4.78 is 11.1. The Morgan fingerprint density at radius 3 is 2.94 bits per heavy atom. The number of hydrogen-bond acceptors (Lipinski definition) is 4. The van der Waals surface area contributed by atoms with Crippen LogP contribution in [-0.2, 0) is 17.6 Å². The fraction of sp³-hybridized carbons (Fsp3) is 0.769. The summed E-state index contributed by atoms with van der Waals surface area (Å²) in [6.07, 6.45) is 6.07. The molecule has 1 aromatic heterocycles. The Balaban J connectivity index is 1.78. The van der Waals surface area contributed by atoms with Crippen molar-refractivity contribution in [3.05, 3.63) is 17.8 Å². The molecule has 1 saturated carbocycles. The van der Waals surface area contributed by atoms with Crippen molar-refractivity contribution in [3.8, 4) is 0 Å². The van der Waals surface area contributed by atoms with Gasteiger partial charge in [0.05, 0.1) is 11.8 Å². The lowest BCUT2D eigenvalue weighted by atomic mass is 10.0. The Bertz CT molecular complexity index is 356. The normalized spacial score (nSPS) is 16.4. The molecule has 0 unspecified atom stereocenters. The molecule has 2 rings (SSSR count). The number of hydrogen-bond donors (Lipinski definition) is 1. The van der Waals surface area contributed by atoms with Gasteiger partial charge in [-0.1, -0.05) is 0 Å². The standard InChI is InChI=1S/C13H22N2O2/c1-13(2,16-3)8-11-9-15-12(17-11)6-7-14-10-4-5-10/h9-10,14H,4-8H2,1-3H3. The molecule has 1 N–H and O–H groups in total. The molecule has 17 heavy (non-hydrogen) atoms. The number of ether oxygens (including phenoxy) is 1. The molecule has 0 aromatic carbocycles. The summed E-state index contributed by atoms with van der Waals surface area (Å²) in [6.45, 7) is 5.05. The minimum atomic E-state index is -0.191. The van der Waals surface area contributed by atoms with E-state index < -0.39 is 0 Å². The number of nitrogens with zero attached hydrogens (tertiary/aromatic N) is 1. The molecule has 1 aliphatic rings. The van der Waals surface area contributed by atoms with Crippen molar-refractivity contribution in [1.82, 2.24) is 10.3 Å². The van der Waals surface area contributed by atoms with Gasteiger partial charge in [-0.2, -0.15) is 0 Å². The summed E-state index contributed by atoms with van der Waals surface area (Å²) >= 11 is 0. The van der Waals surface area contributed by atoms with Crippen LogP contribution in [0.1, 0.15) is 38.3 Å². The Morgan fingerprint density at radius 1 is 1.53 bits per heavy atom. The quantitative estimate of drug-likeness (QED) is 0.788. The average molecular weight is 238 g/mol. The van der Waals surface area contributed by atoms with E-state index in [0.717, 1.165) is 37.1 Å². The van der Waals surface area contributed by atoms with E-state index in [-0.39, 0.29) is 5.60 Å². The maximum atomic E-state index is 5.69. The molecule has 0 radical (unpaired) electrons. The molecule has 1 aromatic rings. The lowest BCUT2D eigenvalue weighted by Crippen LogP contribution is -2.25. The van der Waals surface area contributed by atoms with Crippen LogP contribution in [0.15, 0.2) is 10.6 Å². The van der Waals surface area contributed by atoms with Gasteiger partial charge in [0.1, 0.15) is 5.76 Å². The Kier molecular flexibility index (Phi) is 3.84. The predicted molar refractivity (Wildman–Crippen MR) is 66.0 cm³/mol. The zero-order valence-electron chi connectivity index (χ0n) is 11.0. The molecular formula is C13H22N2O2. The summed E-state index contributed by atoms with van der Waals surface area (Å²) in [4.78, 5) is 4.29. The highest BCUT2D eigenvalue weighted by molar-refractivity contribution is 4.99. The van der Waals surface area contributed by atoms with E-state index in [2.05, 4.69) is 10.3 Å². The van der Waals surface area contributed by atoms with Crippen LogP contribution < -0.4 is 5.32 Å². The van der Waals surface area contributed by atoms with Crippen molar-refractivity contribution in [1.29, 1.82) is 0 Å². The molecule has 96 valence electrons. The van der Waals surface area contributed by atoms with Crippen LogP contribution in [0.4, 0.5) is 0 Å². The van der Waals surface area contributed by atoms with E-state index in [1.807, 2.05) is 20.0 Å². The van der Waals surface area contributed by atoms with E-state index in [1.54, 1.807) is 7.11 Å². The summed E-state index contributed by atoms with van der Waals surface area (Å²) in [7, 11) is 1.72. The third-order valence-corrected chi connectivity index (χ3v) is 3.10. The number of nitrogens with one attached hydrogen (secondary N) is 1. The van der Waals surface area contributed by atoms with Gasteiger partial charge in [0.25, 0.3) is 0 Å². The largest absolute Gasteiger partial charge is 0.446 e.